The van der Waals surface area contributed by atoms with Crippen LogP contribution in [0.25, 0.3) is 11.5 Å². The Morgan fingerprint density at radius 1 is 1.32 bits per heavy atom. The van der Waals surface area contributed by atoms with Gasteiger partial charge in [-0.1, -0.05) is 0 Å². The number of nitrogens with zero attached hydrogens (tertiary/aromatic N) is 3. The molecule has 5 nitrogen and oxygen atoms in total. The molecule has 2 N–H and O–H groups in total. The lowest BCUT2D eigenvalue weighted by Crippen LogP contribution is -2.23. The monoisotopic (exact) mass is 258 g/mol. The lowest BCUT2D eigenvalue weighted by atomic mass is 10.1. The summed E-state index contributed by atoms with van der Waals surface area (Å²) in [6.45, 7) is 4.65. The molecule has 1 unspecified atom stereocenters. The van der Waals surface area contributed by atoms with Crippen LogP contribution in [0.1, 0.15) is 12.2 Å². The van der Waals surface area contributed by atoms with Gasteiger partial charge in [0.1, 0.15) is 11.5 Å². The predicted octanol–water partition coefficient (Wildman–Crippen LogP) is 1.83. The maximum atomic E-state index is 5.70. The minimum absolute atomic E-state index is 0.578. The summed E-state index contributed by atoms with van der Waals surface area (Å²) in [6, 6.07) is 7.80. The molecule has 3 heterocycles. The summed E-state index contributed by atoms with van der Waals surface area (Å²) in [4.78, 5) is 2.24. The van der Waals surface area contributed by atoms with E-state index in [9.17, 15) is 0 Å². The van der Waals surface area contributed by atoms with E-state index in [2.05, 4.69) is 15.1 Å². The topological polar surface area (TPSA) is 68.2 Å². The van der Waals surface area contributed by atoms with Gasteiger partial charge in [-0.3, -0.25) is 0 Å². The van der Waals surface area contributed by atoms with Gasteiger partial charge >= 0.3 is 0 Å². The van der Waals surface area contributed by atoms with Crippen molar-refractivity contribution in [2.45, 2.75) is 13.3 Å². The fourth-order valence-corrected chi connectivity index (χ4v) is 2.43. The van der Waals surface area contributed by atoms with Crippen molar-refractivity contribution in [3.05, 3.63) is 30.0 Å². The van der Waals surface area contributed by atoms with Crippen molar-refractivity contribution in [3.63, 3.8) is 0 Å². The third-order valence-corrected chi connectivity index (χ3v) is 3.59. The Balaban J connectivity index is 1.76. The van der Waals surface area contributed by atoms with E-state index in [1.807, 2.05) is 31.2 Å². The van der Waals surface area contributed by atoms with E-state index in [1.54, 1.807) is 0 Å². The van der Waals surface area contributed by atoms with Gasteiger partial charge in [-0.15, -0.1) is 10.2 Å². The van der Waals surface area contributed by atoms with Gasteiger partial charge in [-0.25, -0.2) is 0 Å². The minimum Gasteiger partial charge on any atom is -0.460 e. The molecule has 100 valence electrons. The summed E-state index contributed by atoms with van der Waals surface area (Å²) in [5.74, 6) is 3.14. The van der Waals surface area contributed by atoms with Crippen molar-refractivity contribution >= 4 is 5.82 Å². The Hall–Kier alpha value is -1.88. The minimum atomic E-state index is 0.578. The number of rotatable bonds is 3. The van der Waals surface area contributed by atoms with Gasteiger partial charge in [-0.05, 0) is 50.1 Å². The summed E-state index contributed by atoms with van der Waals surface area (Å²) >= 11 is 0. The first-order valence-electron chi connectivity index (χ1n) is 6.62. The van der Waals surface area contributed by atoms with E-state index >= 15 is 0 Å². The van der Waals surface area contributed by atoms with E-state index < -0.39 is 0 Å². The van der Waals surface area contributed by atoms with Crippen LogP contribution in [0.3, 0.4) is 0 Å². The standard InChI is InChI=1S/C14H18N4O/c1-10-2-4-13(19-10)12-3-5-14(17-16-12)18-7-6-11(8-15)9-18/h2-5,11H,6-9,15H2,1H3. The van der Waals surface area contributed by atoms with E-state index in [0.717, 1.165) is 49.1 Å². The van der Waals surface area contributed by atoms with Crippen molar-refractivity contribution < 1.29 is 4.42 Å². The molecule has 2 aromatic rings. The molecule has 19 heavy (non-hydrogen) atoms. The van der Waals surface area contributed by atoms with Gasteiger partial charge < -0.3 is 15.1 Å². The first kappa shape index (κ1) is 12.2. The van der Waals surface area contributed by atoms with E-state index in [0.29, 0.717) is 5.92 Å². The molecule has 5 heteroatoms. The van der Waals surface area contributed by atoms with E-state index in [1.165, 1.54) is 0 Å². The van der Waals surface area contributed by atoms with Crippen molar-refractivity contribution in [3.8, 4) is 11.5 Å². The maximum absolute atomic E-state index is 5.70. The third kappa shape index (κ3) is 2.46. The highest BCUT2D eigenvalue weighted by Gasteiger charge is 2.22. The summed E-state index contributed by atoms with van der Waals surface area (Å²) in [6.07, 6.45) is 1.14. The number of hydrogen-bond donors (Lipinski definition) is 1. The lowest BCUT2D eigenvalue weighted by molar-refractivity contribution is 0.545. The third-order valence-electron chi connectivity index (χ3n) is 3.59. The molecule has 3 rings (SSSR count). The Kier molecular flexibility index (Phi) is 3.21. The van der Waals surface area contributed by atoms with Crippen molar-refractivity contribution in [1.29, 1.82) is 0 Å². The first-order valence-corrected chi connectivity index (χ1v) is 6.62. The average molecular weight is 258 g/mol. The SMILES string of the molecule is Cc1ccc(-c2ccc(N3CCC(CN)C3)nn2)o1. The van der Waals surface area contributed by atoms with Crippen LogP contribution >= 0.6 is 0 Å². The fourth-order valence-electron chi connectivity index (χ4n) is 2.43. The molecule has 0 radical (unpaired) electrons. The van der Waals surface area contributed by atoms with Gasteiger partial charge in [0, 0.05) is 13.1 Å². The Morgan fingerprint density at radius 2 is 2.21 bits per heavy atom. The second-order valence-electron chi connectivity index (χ2n) is 5.02. The smallest absolute Gasteiger partial charge is 0.154 e. The van der Waals surface area contributed by atoms with Crippen molar-refractivity contribution in [2.24, 2.45) is 11.7 Å². The summed E-state index contributed by atoms with van der Waals surface area (Å²) < 4.78 is 5.54. The second-order valence-corrected chi connectivity index (χ2v) is 5.02. The summed E-state index contributed by atoms with van der Waals surface area (Å²) in [7, 11) is 0. The molecule has 0 saturated carbocycles. The van der Waals surface area contributed by atoms with Crippen molar-refractivity contribution in [2.75, 3.05) is 24.5 Å². The van der Waals surface area contributed by atoms with Gasteiger partial charge in [0.15, 0.2) is 11.6 Å². The average Bonchev–Trinajstić information content (AvgIpc) is 3.07. The molecular weight excluding hydrogens is 240 g/mol. The van der Waals surface area contributed by atoms with Gasteiger partial charge in [-0.2, -0.15) is 0 Å². The van der Waals surface area contributed by atoms with Crippen LogP contribution in [0.5, 0.6) is 0 Å². The molecule has 0 amide bonds. The number of anilines is 1. The van der Waals surface area contributed by atoms with E-state index in [-0.39, 0.29) is 0 Å². The summed E-state index contributed by atoms with van der Waals surface area (Å²) in [5, 5.41) is 8.53. The van der Waals surface area contributed by atoms with Crippen molar-refractivity contribution in [1.82, 2.24) is 10.2 Å². The number of hydrogen-bond acceptors (Lipinski definition) is 5. The highest BCUT2D eigenvalue weighted by molar-refractivity contribution is 5.54. The molecule has 0 spiro atoms. The van der Waals surface area contributed by atoms with Crippen LogP contribution in [-0.2, 0) is 0 Å². The number of aryl methyl sites for hydroxylation is 1. The van der Waals surface area contributed by atoms with Gasteiger partial charge in [0.25, 0.3) is 0 Å². The molecule has 1 atom stereocenters. The quantitative estimate of drug-likeness (QED) is 0.909. The second kappa shape index (κ2) is 5.01. The highest BCUT2D eigenvalue weighted by atomic mass is 16.3. The predicted molar refractivity (Wildman–Crippen MR) is 73.8 cm³/mol. The van der Waals surface area contributed by atoms with Crippen LogP contribution in [0.15, 0.2) is 28.7 Å². The molecule has 1 aliphatic rings. The molecule has 0 bridgehead atoms. The zero-order valence-corrected chi connectivity index (χ0v) is 11.0. The van der Waals surface area contributed by atoms with Crippen LogP contribution in [-0.4, -0.2) is 29.8 Å². The largest absolute Gasteiger partial charge is 0.460 e. The van der Waals surface area contributed by atoms with Gasteiger partial charge in [0.05, 0.1) is 0 Å². The summed E-state index contributed by atoms with van der Waals surface area (Å²) in [5.41, 5.74) is 6.47. The van der Waals surface area contributed by atoms with Crippen LogP contribution in [0, 0.1) is 12.8 Å². The van der Waals surface area contributed by atoms with E-state index in [4.69, 9.17) is 10.2 Å². The van der Waals surface area contributed by atoms with Crippen LogP contribution < -0.4 is 10.6 Å². The molecule has 0 aliphatic carbocycles. The molecule has 1 aliphatic heterocycles. The van der Waals surface area contributed by atoms with Gasteiger partial charge in [0.2, 0.25) is 0 Å². The first-order chi connectivity index (χ1) is 9.26. The fraction of sp³-hybridized carbons (Fsp3) is 0.429. The zero-order chi connectivity index (χ0) is 13.2. The Labute approximate surface area is 112 Å². The Bertz CT molecular complexity index is 549. The number of nitrogens with two attached hydrogens (primary N) is 1. The molecular formula is C14H18N4O. The van der Waals surface area contributed by atoms with Crippen LogP contribution in [0.2, 0.25) is 0 Å². The van der Waals surface area contributed by atoms with Crippen LogP contribution in [0.4, 0.5) is 5.82 Å². The lowest BCUT2D eigenvalue weighted by Gasteiger charge is -2.16. The number of aromatic nitrogens is 2. The zero-order valence-electron chi connectivity index (χ0n) is 11.0. The highest BCUT2D eigenvalue weighted by Crippen LogP contribution is 2.24. The molecule has 2 aromatic heterocycles. The molecule has 1 fully saturated rings. The maximum Gasteiger partial charge on any atom is 0.154 e. The Morgan fingerprint density at radius 3 is 2.79 bits per heavy atom. The molecule has 0 aromatic carbocycles. The molecule has 1 saturated heterocycles. The number of furan rings is 1. The normalized spacial score (nSPS) is 19.1.